The molecular formula is C8H9F3O. The molecule has 0 unspecified atom stereocenters. The summed E-state index contributed by atoms with van der Waals surface area (Å²) in [4.78, 5) is 10.8. The maximum absolute atomic E-state index is 11.8. The summed E-state index contributed by atoms with van der Waals surface area (Å²) in [6.45, 7) is 5.50. The fourth-order valence-electron chi connectivity index (χ4n) is 0.498. The molecule has 0 aliphatic rings. The zero-order valence-electron chi connectivity index (χ0n) is 6.83. The summed E-state index contributed by atoms with van der Waals surface area (Å²) in [7, 11) is 0. The Kier molecular flexibility index (Phi) is 3.24. The third-order valence-electron chi connectivity index (χ3n) is 1.41. The summed E-state index contributed by atoms with van der Waals surface area (Å²) in [6, 6.07) is 0. The first-order valence-corrected chi connectivity index (χ1v) is 3.24. The second kappa shape index (κ2) is 3.56. The van der Waals surface area contributed by atoms with Gasteiger partial charge in [0, 0.05) is 0 Å². The summed E-state index contributed by atoms with van der Waals surface area (Å²) < 4.78 is 35.5. The van der Waals surface area contributed by atoms with E-state index in [-0.39, 0.29) is 5.57 Å². The molecule has 0 heterocycles. The van der Waals surface area contributed by atoms with Crippen molar-refractivity contribution in [3.05, 3.63) is 23.8 Å². The highest BCUT2D eigenvalue weighted by molar-refractivity contribution is 6.08. The summed E-state index contributed by atoms with van der Waals surface area (Å²) >= 11 is 0. The normalized spacial score (nSPS) is 12.9. The number of rotatable bonds is 2. The molecule has 0 bridgehead atoms. The van der Waals surface area contributed by atoms with E-state index in [1.54, 1.807) is 0 Å². The molecule has 0 saturated heterocycles. The van der Waals surface area contributed by atoms with Gasteiger partial charge in [-0.2, -0.15) is 13.2 Å². The van der Waals surface area contributed by atoms with E-state index in [2.05, 4.69) is 6.58 Å². The molecule has 0 saturated carbocycles. The van der Waals surface area contributed by atoms with Gasteiger partial charge in [-0.05, 0) is 19.4 Å². The average molecular weight is 178 g/mol. The predicted octanol–water partition coefficient (Wildman–Crippen LogP) is 2.64. The Bertz CT molecular complexity index is 235. The second-order valence-corrected chi connectivity index (χ2v) is 2.28. The molecule has 0 atom stereocenters. The van der Waals surface area contributed by atoms with Crippen LogP contribution in [0.1, 0.15) is 13.8 Å². The first kappa shape index (κ1) is 10.9. The average Bonchev–Trinajstić information content (AvgIpc) is 1.98. The number of ketones is 1. The van der Waals surface area contributed by atoms with E-state index in [0.717, 1.165) is 0 Å². The quantitative estimate of drug-likeness (QED) is 0.594. The van der Waals surface area contributed by atoms with Gasteiger partial charge in [0.25, 0.3) is 0 Å². The molecule has 0 N–H and O–H groups in total. The number of carbonyl (C=O) groups is 1. The molecule has 1 nitrogen and oxygen atoms in total. The number of allylic oxidation sites excluding steroid dienone is 3. The maximum atomic E-state index is 11.8. The molecule has 68 valence electrons. The third kappa shape index (κ3) is 2.53. The molecule has 0 aromatic carbocycles. The van der Waals surface area contributed by atoms with Gasteiger partial charge in [0.05, 0.1) is 5.57 Å². The van der Waals surface area contributed by atoms with Crippen molar-refractivity contribution in [3.8, 4) is 0 Å². The molecule has 12 heavy (non-hydrogen) atoms. The van der Waals surface area contributed by atoms with Crippen molar-refractivity contribution in [1.29, 1.82) is 0 Å². The molecule has 4 heteroatoms. The molecule has 0 amide bonds. The molecule has 0 fully saturated rings. The topological polar surface area (TPSA) is 17.1 Å². The molecule has 0 aromatic rings. The fraction of sp³-hybridized carbons (Fsp3) is 0.375. The molecule has 0 aromatic heterocycles. The summed E-state index contributed by atoms with van der Waals surface area (Å²) in [6.07, 6.45) is -3.30. The SMILES string of the molecule is C=C(C(=O)/C(C)=C/C)C(F)(F)F. The van der Waals surface area contributed by atoms with Crippen molar-refractivity contribution in [2.45, 2.75) is 20.0 Å². The van der Waals surface area contributed by atoms with E-state index in [0.29, 0.717) is 0 Å². The first-order valence-electron chi connectivity index (χ1n) is 3.24. The van der Waals surface area contributed by atoms with E-state index >= 15 is 0 Å². The van der Waals surface area contributed by atoms with Crippen LogP contribution in [0.4, 0.5) is 13.2 Å². The zero-order chi connectivity index (χ0) is 9.94. The van der Waals surface area contributed by atoms with Crippen LogP contribution in [0.3, 0.4) is 0 Å². The summed E-state index contributed by atoms with van der Waals surface area (Å²) in [5, 5.41) is 0. The summed E-state index contributed by atoms with van der Waals surface area (Å²) in [5.74, 6) is -1.05. The van der Waals surface area contributed by atoms with Crippen LogP contribution in [-0.4, -0.2) is 12.0 Å². The minimum absolute atomic E-state index is 0.0531. The first-order chi connectivity index (χ1) is 5.30. The van der Waals surface area contributed by atoms with Gasteiger partial charge in [-0.25, -0.2) is 0 Å². The van der Waals surface area contributed by atoms with Gasteiger partial charge in [-0.3, -0.25) is 4.79 Å². The maximum Gasteiger partial charge on any atom is 0.419 e. The molecule has 0 rings (SSSR count). The number of hydrogen-bond acceptors (Lipinski definition) is 1. The van der Waals surface area contributed by atoms with Crippen molar-refractivity contribution in [2.75, 3.05) is 0 Å². The number of Topliss-reactive ketones (excluding diaryl/α,β-unsaturated/α-hetero) is 1. The van der Waals surface area contributed by atoms with Crippen LogP contribution < -0.4 is 0 Å². The van der Waals surface area contributed by atoms with Crippen LogP contribution >= 0.6 is 0 Å². The Morgan fingerprint density at radius 1 is 1.42 bits per heavy atom. The van der Waals surface area contributed by atoms with Crippen molar-refractivity contribution in [1.82, 2.24) is 0 Å². The molecule has 0 spiro atoms. The van der Waals surface area contributed by atoms with E-state index in [1.807, 2.05) is 0 Å². The molecule has 0 aliphatic heterocycles. The Labute approximate surface area is 68.6 Å². The van der Waals surface area contributed by atoms with Gasteiger partial charge < -0.3 is 0 Å². The van der Waals surface area contributed by atoms with Crippen LogP contribution in [0.15, 0.2) is 23.8 Å². The molecular weight excluding hydrogens is 169 g/mol. The Hall–Kier alpha value is -1.06. The monoisotopic (exact) mass is 178 g/mol. The Morgan fingerprint density at radius 2 is 1.83 bits per heavy atom. The van der Waals surface area contributed by atoms with Gasteiger partial charge in [-0.1, -0.05) is 12.7 Å². The van der Waals surface area contributed by atoms with Crippen LogP contribution in [-0.2, 0) is 4.79 Å². The lowest BCUT2D eigenvalue weighted by molar-refractivity contribution is -0.125. The van der Waals surface area contributed by atoms with Crippen molar-refractivity contribution in [3.63, 3.8) is 0 Å². The van der Waals surface area contributed by atoms with E-state index < -0.39 is 17.5 Å². The van der Waals surface area contributed by atoms with E-state index in [1.165, 1.54) is 19.9 Å². The van der Waals surface area contributed by atoms with E-state index in [4.69, 9.17) is 0 Å². The lowest BCUT2D eigenvalue weighted by Gasteiger charge is -2.08. The van der Waals surface area contributed by atoms with Crippen molar-refractivity contribution in [2.24, 2.45) is 0 Å². The predicted molar refractivity (Wildman–Crippen MR) is 39.6 cm³/mol. The molecule has 0 radical (unpaired) electrons. The minimum atomic E-state index is -4.62. The van der Waals surface area contributed by atoms with Crippen molar-refractivity contribution < 1.29 is 18.0 Å². The third-order valence-corrected chi connectivity index (χ3v) is 1.41. The standard InChI is InChI=1S/C8H9F3O/c1-4-5(2)7(12)6(3)8(9,10)11/h4H,3H2,1-2H3/b5-4+. The highest BCUT2D eigenvalue weighted by atomic mass is 19.4. The highest BCUT2D eigenvalue weighted by Crippen LogP contribution is 2.26. The van der Waals surface area contributed by atoms with Crippen LogP contribution in [0.25, 0.3) is 0 Å². The highest BCUT2D eigenvalue weighted by Gasteiger charge is 2.36. The molecule has 0 aliphatic carbocycles. The number of alkyl halides is 3. The Balaban J connectivity index is 4.65. The number of hydrogen-bond donors (Lipinski definition) is 0. The van der Waals surface area contributed by atoms with Gasteiger partial charge >= 0.3 is 6.18 Å². The smallest absolute Gasteiger partial charge is 0.289 e. The number of halogens is 3. The van der Waals surface area contributed by atoms with Gasteiger partial charge in [0.1, 0.15) is 0 Å². The number of carbonyl (C=O) groups excluding carboxylic acids is 1. The van der Waals surface area contributed by atoms with Gasteiger partial charge in [-0.15, -0.1) is 0 Å². The second-order valence-electron chi connectivity index (χ2n) is 2.28. The van der Waals surface area contributed by atoms with Crippen LogP contribution in [0.5, 0.6) is 0 Å². The minimum Gasteiger partial charge on any atom is -0.289 e. The summed E-state index contributed by atoms with van der Waals surface area (Å²) in [5.41, 5.74) is -1.27. The zero-order valence-corrected chi connectivity index (χ0v) is 6.83. The van der Waals surface area contributed by atoms with Gasteiger partial charge in [0.15, 0.2) is 5.78 Å². The fourth-order valence-corrected chi connectivity index (χ4v) is 0.498. The Morgan fingerprint density at radius 3 is 2.08 bits per heavy atom. The van der Waals surface area contributed by atoms with Crippen LogP contribution in [0, 0.1) is 0 Å². The lowest BCUT2D eigenvalue weighted by Crippen LogP contribution is -2.19. The lowest BCUT2D eigenvalue weighted by atomic mass is 10.1. The largest absolute Gasteiger partial charge is 0.419 e. The van der Waals surface area contributed by atoms with Crippen molar-refractivity contribution >= 4 is 5.78 Å². The van der Waals surface area contributed by atoms with Crippen LogP contribution in [0.2, 0.25) is 0 Å². The van der Waals surface area contributed by atoms with Gasteiger partial charge in [0.2, 0.25) is 0 Å². The van der Waals surface area contributed by atoms with E-state index in [9.17, 15) is 18.0 Å².